The van der Waals surface area contributed by atoms with Crippen molar-refractivity contribution in [1.82, 2.24) is 15.1 Å². The van der Waals surface area contributed by atoms with E-state index in [1.807, 2.05) is 63.4 Å². The minimum absolute atomic E-state index is 0.0576. The van der Waals surface area contributed by atoms with Crippen molar-refractivity contribution in [3.8, 4) is 11.3 Å². The number of amides is 1. The van der Waals surface area contributed by atoms with Crippen molar-refractivity contribution in [2.45, 2.75) is 32.7 Å². The maximum atomic E-state index is 12.7. The molecule has 5 nitrogen and oxygen atoms in total. The molecule has 5 heteroatoms. The Labute approximate surface area is 147 Å². The lowest BCUT2D eigenvalue weighted by molar-refractivity contribution is 0.0730. The fraction of sp³-hybridized carbons (Fsp3) is 0.300. The number of nitrogens with one attached hydrogen (secondary N) is 1. The van der Waals surface area contributed by atoms with Crippen LogP contribution in [-0.4, -0.2) is 34.1 Å². The third-order valence-electron chi connectivity index (χ3n) is 4.53. The van der Waals surface area contributed by atoms with E-state index in [0.717, 1.165) is 29.9 Å². The molecule has 0 saturated carbocycles. The van der Waals surface area contributed by atoms with Gasteiger partial charge in [0.05, 0.1) is 12.0 Å². The molecule has 1 amide bonds. The van der Waals surface area contributed by atoms with Gasteiger partial charge < -0.3 is 9.32 Å². The Morgan fingerprint density at radius 2 is 2.04 bits per heavy atom. The Balaban J connectivity index is 1.64. The van der Waals surface area contributed by atoms with Gasteiger partial charge in [-0.25, -0.2) is 0 Å². The quantitative estimate of drug-likeness (QED) is 0.737. The van der Waals surface area contributed by atoms with Crippen LogP contribution in [0.15, 0.2) is 53.1 Å². The van der Waals surface area contributed by atoms with Gasteiger partial charge in [-0.3, -0.25) is 9.89 Å². The van der Waals surface area contributed by atoms with Crippen molar-refractivity contribution < 1.29 is 9.21 Å². The smallest absolute Gasteiger partial charge is 0.271 e. The van der Waals surface area contributed by atoms with E-state index in [1.165, 1.54) is 5.56 Å². The molecule has 1 atom stereocenters. The van der Waals surface area contributed by atoms with Crippen LogP contribution in [0, 0.1) is 6.92 Å². The number of benzene rings is 1. The number of aromatic amines is 1. The monoisotopic (exact) mass is 337 g/mol. The average molecular weight is 337 g/mol. The molecule has 3 rings (SSSR count). The van der Waals surface area contributed by atoms with Crippen LogP contribution in [-0.2, 0) is 6.42 Å². The van der Waals surface area contributed by atoms with Gasteiger partial charge >= 0.3 is 0 Å². The van der Waals surface area contributed by atoms with Gasteiger partial charge in [0.1, 0.15) is 11.5 Å². The second-order valence-corrected chi connectivity index (χ2v) is 6.42. The highest BCUT2D eigenvalue weighted by atomic mass is 16.3. The van der Waals surface area contributed by atoms with Crippen LogP contribution in [0.2, 0.25) is 0 Å². The molecule has 2 heterocycles. The van der Waals surface area contributed by atoms with Crippen LogP contribution in [0.5, 0.6) is 0 Å². The lowest BCUT2D eigenvalue weighted by Crippen LogP contribution is -2.35. The van der Waals surface area contributed by atoms with E-state index in [9.17, 15) is 4.79 Å². The van der Waals surface area contributed by atoms with Crippen LogP contribution in [0.4, 0.5) is 0 Å². The molecule has 1 aromatic carbocycles. The first kappa shape index (κ1) is 17.0. The minimum Gasteiger partial charge on any atom is -0.469 e. The maximum absolute atomic E-state index is 12.7. The van der Waals surface area contributed by atoms with Gasteiger partial charge in [0, 0.05) is 25.1 Å². The molecule has 0 spiro atoms. The average Bonchev–Trinajstić information content (AvgIpc) is 3.30. The number of furan rings is 1. The molecular weight excluding hydrogens is 314 g/mol. The van der Waals surface area contributed by atoms with Gasteiger partial charge in [0.15, 0.2) is 0 Å². The number of aromatic nitrogens is 2. The van der Waals surface area contributed by atoms with Crippen LogP contribution >= 0.6 is 0 Å². The summed E-state index contributed by atoms with van der Waals surface area (Å²) in [7, 11) is 1.82. The fourth-order valence-electron chi connectivity index (χ4n) is 2.69. The molecule has 0 aliphatic rings. The van der Waals surface area contributed by atoms with Crippen LogP contribution in [0.1, 0.15) is 35.2 Å². The summed E-state index contributed by atoms with van der Waals surface area (Å²) in [5.74, 6) is 0.883. The van der Waals surface area contributed by atoms with Crippen molar-refractivity contribution in [2.24, 2.45) is 0 Å². The highest BCUT2D eigenvalue weighted by Gasteiger charge is 2.20. The van der Waals surface area contributed by atoms with Gasteiger partial charge in [0.2, 0.25) is 0 Å². The first-order valence-corrected chi connectivity index (χ1v) is 8.46. The Bertz CT molecular complexity index is 819. The zero-order valence-corrected chi connectivity index (χ0v) is 14.8. The third kappa shape index (κ3) is 3.99. The van der Waals surface area contributed by atoms with Gasteiger partial charge in [-0.15, -0.1) is 0 Å². The number of nitrogens with zero attached hydrogens (tertiary/aromatic N) is 2. The molecule has 1 unspecified atom stereocenters. The minimum atomic E-state index is -0.0576. The van der Waals surface area contributed by atoms with Gasteiger partial charge in [-0.05, 0) is 38.5 Å². The molecule has 2 aromatic heterocycles. The number of hydrogen-bond acceptors (Lipinski definition) is 3. The molecule has 0 bridgehead atoms. The van der Waals surface area contributed by atoms with Crippen molar-refractivity contribution in [3.05, 3.63) is 65.7 Å². The van der Waals surface area contributed by atoms with E-state index in [1.54, 1.807) is 11.2 Å². The summed E-state index contributed by atoms with van der Waals surface area (Å²) in [5, 5.41) is 7.14. The first-order chi connectivity index (χ1) is 12.0. The number of hydrogen-bond donors (Lipinski definition) is 1. The molecule has 0 aliphatic heterocycles. The maximum Gasteiger partial charge on any atom is 0.271 e. The lowest BCUT2D eigenvalue weighted by Gasteiger charge is -2.24. The number of rotatable bonds is 6. The summed E-state index contributed by atoms with van der Waals surface area (Å²) in [6.45, 7) is 4.08. The number of H-pyrrole nitrogens is 1. The van der Waals surface area contributed by atoms with E-state index < -0.39 is 0 Å². The van der Waals surface area contributed by atoms with Crippen molar-refractivity contribution in [1.29, 1.82) is 0 Å². The lowest BCUT2D eigenvalue weighted by atomic mass is 10.1. The number of carbonyl (C=O) groups is 1. The van der Waals surface area contributed by atoms with E-state index in [4.69, 9.17) is 4.42 Å². The van der Waals surface area contributed by atoms with Gasteiger partial charge in [-0.2, -0.15) is 5.10 Å². The largest absolute Gasteiger partial charge is 0.469 e. The molecular formula is C20H23N3O2. The molecule has 0 aliphatic carbocycles. The highest BCUT2D eigenvalue weighted by molar-refractivity contribution is 5.93. The first-order valence-electron chi connectivity index (χ1n) is 8.46. The van der Waals surface area contributed by atoms with E-state index in [2.05, 4.69) is 10.2 Å². The molecule has 25 heavy (non-hydrogen) atoms. The number of carbonyl (C=O) groups excluding carboxylic acids is 1. The van der Waals surface area contributed by atoms with Crippen molar-refractivity contribution in [3.63, 3.8) is 0 Å². The van der Waals surface area contributed by atoms with E-state index in [-0.39, 0.29) is 11.9 Å². The molecule has 3 aromatic rings. The van der Waals surface area contributed by atoms with E-state index in [0.29, 0.717) is 5.69 Å². The zero-order chi connectivity index (χ0) is 17.8. The van der Waals surface area contributed by atoms with Crippen molar-refractivity contribution >= 4 is 5.91 Å². The molecule has 0 radical (unpaired) electrons. The third-order valence-corrected chi connectivity index (χ3v) is 4.53. The summed E-state index contributed by atoms with van der Waals surface area (Å²) in [4.78, 5) is 14.4. The molecule has 0 fully saturated rings. The highest BCUT2D eigenvalue weighted by Crippen LogP contribution is 2.19. The Hall–Kier alpha value is -2.82. The summed E-state index contributed by atoms with van der Waals surface area (Å²) in [5.41, 5.74) is 3.47. The SMILES string of the molecule is Cc1ccc(-c2cc(C(=O)N(C)C(C)CCc3ccco3)[nH]n2)cc1. The fourth-order valence-corrected chi connectivity index (χ4v) is 2.69. The second kappa shape index (κ2) is 7.38. The van der Waals surface area contributed by atoms with Crippen LogP contribution < -0.4 is 0 Å². The normalized spacial score (nSPS) is 12.1. The second-order valence-electron chi connectivity index (χ2n) is 6.42. The van der Waals surface area contributed by atoms with Crippen LogP contribution in [0.25, 0.3) is 11.3 Å². The zero-order valence-electron chi connectivity index (χ0n) is 14.8. The molecule has 130 valence electrons. The molecule has 1 N–H and O–H groups in total. The van der Waals surface area contributed by atoms with E-state index >= 15 is 0 Å². The van der Waals surface area contributed by atoms with Gasteiger partial charge in [-0.1, -0.05) is 29.8 Å². The van der Waals surface area contributed by atoms with Gasteiger partial charge in [0.25, 0.3) is 5.91 Å². The summed E-state index contributed by atoms with van der Waals surface area (Å²) in [6, 6.07) is 13.8. The summed E-state index contributed by atoms with van der Waals surface area (Å²) < 4.78 is 5.35. The van der Waals surface area contributed by atoms with Crippen LogP contribution in [0.3, 0.4) is 0 Å². The summed E-state index contributed by atoms with van der Waals surface area (Å²) in [6.07, 6.45) is 3.32. The predicted molar refractivity (Wildman–Crippen MR) is 97.3 cm³/mol. The molecule has 0 saturated heterocycles. The van der Waals surface area contributed by atoms with Crippen molar-refractivity contribution in [2.75, 3.05) is 7.05 Å². The predicted octanol–water partition coefficient (Wildman–Crippen LogP) is 4.07. The Kier molecular flexibility index (Phi) is 5.03. The Morgan fingerprint density at radius 1 is 1.28 bits per heavy atom. The summed E-state index contributed by atoms with van der Waals surface area (Å²) >= 11 is 0. The standard InChI is InChI=1S/C20H23N3O2/c1-14-6-9-16(10-7-14)18-13-19(22-21-18)20(24)23(3)15(2)8-11-17-5-4-12-25-17/h4-7,9-10,12-13,15H,8,11H2,1-3H3,(H,21,22). The topological polar surface area (TPSA) is 62.1 Å². The Morgan fingerprint density at radius 3 is 2.72 bits per heavy atom. The number of aryl methyl sites for hydroxylation is 2.